The van der Waals surface area contributed by atoms with E-state index in [0.29, 0.717) is 5.56 Å². The zero-order valence-electron chi connectivity index (χ0n) is 12.2. The standard InChI is InChI=1S/C15H23FN2O/c1-10-7-15(18-6-5-12(9-18)19-4)13(8-14(10)16)11(2)17-3/h7-8,11-12,17H,5-6,9H2,1-4H3. The Labute approximate surface area is 114 Å². The van der Waals surface area contributed by atoms with Crippen molar-refractivity contribution < 1.29 is 9.13 Å². The molecule has 0 amide bonds. The van der Waals surface area contributed by atoms with E-state index >= 15 is 0 Å². The summed E-state index contributed by atoms with van der Waals surface area (Å²) in [5.74, 6) is -0.136. The summed E-state index contributed by atoms with van der Waals surface area (Å²) < 4.78 is 19.2. The van der Waals surface area contributed by atoms with Crippen molar-refractivity contribution in [3.05, 3.63) is 29.1 Å². The summed E-state index contributed by atoms with van der Waals surface area (Å²) in [6.07, 6.45) is 1.31. The molecule has 1 aliphatic heterocycles. The molecule has 1 saturated heterocycles. The Morgan fingerprint density at radius 2 is 2.21 bits per heavy atom. The van der Waals surface area contributed by atoms with E-state index in [1.807, 2.05) is 20.0 Å². The molecule has 2 unspecified atom stereocenters. The second-order valence-electron chi connectivity index (χ2n) is 5.26. The highest BCUT2D eigenvalue weighted by molar-refractivity contribution is 5.58. The van der Waals surface area contributed by atoms with Gasteiger partial charge in [0.25, 0.3) is 0 Å². The second kappa shape index (κ2) is 5.88. The normalized spacial score (nSPS) is 20.9. The van der Waals surface area contributed by atoms with Crippen LogP contribution >= 0.6 is 0 Å². The first-order valence-corrected chi connectivity index (χ1v) is 6.81. The van der Waals surface area contributed by atoms with Crippen LogP contribution in [0.25, 0.3) is 0 Å². The van der Waals surface area contributed by atoms with Crippen molar-refractivity contribution in [2.75, 3.05) is 32.1 Å². The SMILES string of the molecule is CNC(C)c1cc(F)c(C)cc1N1CCC(OC)C1. The summed E-state index contributed by atoms with van der Waals surface area (Å²) >= 11 is 0. The number of hydrogen-bond donors (Lipinski definition) is 1. The highest BCUT2D eigenvalue weighted by atomic mass is 19.1. The van der Waals surface area contributed by atoms with Gasteiger partial charge >= 0.3 is 0 Å². The maximum absolute atomic E-state index is 13.8. The van der Waals surface area contributed by atoms with Gasteiger partial charge < -0.3 is 15.0 Å². The van der Waals surface area contributed by atoms with Gasteiger partial charge in [-0.2, -0.15) is 0 Å². The molecule has 3 nitrogen and oxygen atoms in total. The van der Waals surface area contributed by atoms with Gasteiger partial charge in [-0.3, -0.25) is 0 Å². The second-order valence-corrected chi connectivity index (χ2v) is 5.26. The van der Waals surface area contributed by atoms with E-state index < -0.39 is 0 Å². The highest BCUT2D eigenvalue weighted by Crippen LogP contribution is 2.31. The molecule has 1 heterocycles. The number of halogens is 1. The lowest BCUT2D eigenvalue weighted by atomic mass is 10.0. The van der Waals surface area contributed by atoms with Crippen LogP contribution in [0.5, 0.6) is 0 Å². The quantitative estimate of drug-likeness (QED) is 0.906. The number of rotatable bonds is 4. The average Bonchev–Trinajstić information content (AvgIpc) is 2.89. The summed E-state index contributed by atoms with van der Waals surface area (Å²) in [6, 6.07) is 3.74. The first kappa shape index (κ1) is 14.3. The molecule has 2 rings (SSSR count). The first-order valence-electron chi connectivity index (χ1n) is 6.81. The van der Waals surface area contributed by atoms with E-state index in [-0.39, 0.29) is 18.0 Å². The Morgan fingerprint density at radius 3 is 2.79 bits per heavy atom. The van der Waals surface area contributed by atoms with Gasteiger partial charge in [0, 0.05) is 31.9 Å². The van der Waals surface area contributed by atoms with Gasteiger partial charge in [0.1, 0.15) is 5.82 Å². The van der Waals surface area contributed by atoms with Crippen molar-refractivity contribution in [2.45, 2.75) is 32.4 Å². The van der Waals surface area contributed by atoms with Gasteiger partial charge in [0.15, 0.2) is 0 Å². The van der Waals surface area contributed by atoms with Crippen LogP contribution in [0, 0.1) is 12.7 Å². The van der Waals surface area contributed by atoms with Gasteiger partial charge in [-0.15, -0.1) is 0 Å². The molecule has 1 fully saturated rings. The van der Waals surface area contributed by atoms with Crippen LogP contribution in [0.3, 0.4) is 0 Å². The van der Waals surface area contributed by atoms with Crippen LogP contribution in [-0.4, -0.2) is 33.4 Å². The summed E-state index contributed by atoms with van der Waals surface area (Å²) in [5.41, 5.74) is 2.84. The zero-order chi connectivity index (χ0) is 14.0. The highest BCUT2D eigenvalue weighted by Gasteiger charge is 2.25. The predicted molar refractivity (Wildman–Crippen MR) is 76.2 cm³/mol. The van der Waals surface area contributed by atoms with Gasteiger partial charge in [0.2, 0.25) is 0 Å². The fourth-order valence-electron chi connectivity index (χ4n) is 2.60. The fourth-order valence-corrected chi connectivity index (χ4v) is 2.60. The van der Waals surface area contributed by atoms with Crippen molar-refractivity contribution in [1.29, 1.82) is 0 Å². The van der Waals surface area contributed by atoms with E-state index in [4.69, 9.17) is 4.74 Å². The molecule has 0 saturated carbocycles. The van der Waals surface area contributed by atoms with Gasteiger partial charge in [0.05, 0.1) is 6.10 Å². The molecule has 0 aromatic heterocycles. The number of anilines is 1. The van der Waals surface area contributed by atoms with Crippen molar-refractivity contribution in [1.82, 2.24) is 5.32 Å². The molecule has 2 atom stereocenters. The van der Waals surface area contributed by atoms with Crippen LogP contribution < -0.4 is 10.2 Å². The van der Waals surface area contributed by atoms with Crippen LogP contribution in [0.1, 0.15) is 30.5 Å². The van der Waals surface area contributed by atoms with Gasteiger partial charge in [-0.05, 0) is 50.6 Å². The fraction of sp³-hybridized carbons (Fsp3) is 0.600. The Morgan fingerprint density at radius 1 is 1.47 bits per heavy atom. The van der Waals surface area contributed by atoms with E-state index in [1.54, 1.807) is 13.2 Å². The molecule has 4 heteroatoms. The van der Waals surface area contributed by atoms with Crippen molar-refractivity contribution >= 4 is 5.69 Å². The first-order chi connectivity index (χ1) is 9.06. The molecule has 0 aliphatic carbocycles. The van der Waals surface area contributed by atoms with Crippen LogP contribution in [0.4, 0.5) is 10.1 Å². The lowest BCUT2D eigenvalue weighted by molar-refractivity contribution is 0.121. The van der Waals surface area contributed by atoms with E-state index in [1.165, 1.54) is 0 Å². The number of hydrogen-bond acceptors (Lipinski definition) is 3. The molecule has 0 bridgehead atoms. The Bertz CT molecular complexity index is 450. The number of nitrogens with one attached hydrogen (secondary N) is 1. The number of ether oxygens (including phenoxy) is 1. The minimum Gasteiger partial charge on any atom is -0.380 e. The third kappa shape index (κ3) is 2.90. The lowest BCUT2D eigenvalue weighted by Gasteiger charge is -2.25. The van der Waals surface area contributed by atoms with E-state index in [9.17, 15) is 4.39 Å². The molecule has 19 heavy (non-hydrogen) atoms. The molecule has 1 aromatic rings. The predicted octanol–water partition coefficient (Wildman–Crippen LogP) is 2.64. The lowest BCUT2D eigenvalue weighted by Crippen LogP contribution is -2.25. The molecule has 1 aromatic carbocycles. The molecule has 106 valence electrons. The Kier molecular flexibility index (Phi) is 4.42. The van der Waals surface area contributed by atoms with E-state index in [0.717, 1.165) is 30.8 Å². The smallest absolute Gasteiger partial charge is 0.126 e. The third-order valence-electron chi connectivity index (χ3n) is 4.03. The molecular weight excluding hydrogens is 243 g/mol. The van der Waals surface area contributed by atoms with Crippen molar-refractivity contribution in [3.63, 3.8) is 0 Å². The van der Waals surface area contributed by atoms with Crippen molar-refractivity contribution in [3.8, 4) is 0 Å². The summed E-state index contributed by atoms with van der Waals surface area (Å²) in [5, 5.41) is 3.19. The molecule has 1 aliphatic rings. The zero-order valence-corrected chi connectivity index (χ0v) is 12.2. The maximum atomic E-state index is 13.8. The van der Waals surface area contributed by atoms with Gasteiger partial charge in [-0.25, -0.2) is 4.39 Å². The molecular formula is C15H23FN2O. The van der Waals surface area contributed by atoms with Gasteiger partial charge in [-0.1, -0.05) is 0 Å². The summed E-state index contributed by atoms with van der Waals surface area (Å²) in [7, 11) is 3.65. The van der Waals surface area contributed by atoms with Crippen molar-refractivity contribution in [2.24, 2.45) is 0 Å². The number of nitrogens with zero attached hydrogens (tertiary/aromatic N) is 1. The Balaban J connectivity index is 2.35. The number of aryl methyl sites for hydroxylation is 1. The van der Waals surface area contributed by atoms with Crippen LogP contribution in [0.2, 0.25) is 0 Å². The van der Waals surface area contributed by atoms with Crippen LogP contribution in [0.15, 0.2) is 12.1 Å². The number of benzene rings is 1. The molecule has 0 radical (unpaired) electrons. The maximum Gasteiger partial charge on any atom is 0.126 e. The monoisotopic (exact) mass is 266 g/mol. The minimum atomic E-state index is -0.136. The number of methoxy groups -OCH3 is 1. The molecule has 0 spiro atoms. The third-order valence-corrected chi connectivity index (χ3v) is 4.03. The topological polar surface area (TPSA) is 24.5 Å². The summed E-state index contributed by atoms with van der Waals surface area (Å²) in [6.45, 7) is 5.71. The summed E-state index contributed by atoms with van der Waals surface area (Å²) in [4.78, 5) is 2.30. The van der Waals surface area contributed by atoms with Crippen LogP contribution in [-0.2, 0) is 4.74 Å². The molecule has 1 N–H and O–H groups in total. The average molecular weight is 266 g/mol. The minimum absolute atomic E-state index is 0.131. The largest absolute Gasteiger partial charge is 0.380 e. The Hall–Kier alpha value is -1.13. The van der Waals surface area contributed by atoms with E-state index in [2.05, 4.69) is 17.1 Å².